The molecule has 0 spiro atoms. The predicted octanol–water partition coefficient (Wildman–Crippen LogP) is 0.731. The molecule has 2 aliphatic heterocycles. The predicted molar refractivity (Wildman–Crippen MR) is 70.9 cm³/mol. The number of hydrogen-bond acceptors (Lipinski definition) is 3. The first kappa shape index (κ1) is 14.4. The monoisotopic (exact) mass is 309 g/mol. The molecule has 0 bridgehead atoms. The van der Waals surface area contributed by atoms with E-state index in [4.69, 9.17) is 0 Å². The van der Waals surface area contributed by atoms with E-state index in [1.165, 1.54) is 11.0 Å². The first-order valence-electron chi connectivity index (χ1n) is 6.82. The van der Waals surface area contributed by atoms with Crippen LogP contribution in [0.15, 0.2) is 18.2 Å². The summed E-state index contributed by atoms with van der Waals surface area (Å²) in [6.45, 7) is 0.241. The van der Waals surface area contributed by atoms with Crippen LogP contribution in [0.5, 0.6) is 0 Å². The highest BCUT2D eigenvalue weighted by Gasteiger charge is 2.40. The lowest BCUT2D eigenvalue weighted by atomic mass is 10.1. The van der Waals surface area contributed by atoms with Crippen molar-refractivity contribution in [2.75, 3.05) is 19.6 Å². The molecular formula is C14H13F2N3O3. The van der Waals surface area contributed by atoms with Crippen molar-refractivity contribution in [2.24, 2.45) is 0 Å². The maximum absolute atomic E-state index is 13.7. The molecule has 1 unspecified atom stereocenters. The summed E-state index contributed by atoms with van der Waals surface area (Å²) in [4.78, 5) is 37.8. The SMILES string of the molecule is O=C(c1c(F)cccc1F)N1CCC(N2C(=O)CNC2=O)C1. The van der Waals surface area contributed by atoms with Crippen LogP contribution in [0, 0.1) is 11.6 Å². The second-order valence-electron chi connectivity index (χ2n) is 5.21. The van der Waals surface area contributed by atoms with Crippen LogP contribution in [0.2, 0.25) is 0 Å². The number of rotatable bonds is 2. The van der Waals surface area contributed by atoms with Crippen LogP contribution in [0.4, 0.5) is 13.6 Å². The number of nitrogens with one attached hydrogen (secondary N) is 1. The lowest BCUT2D eigenvalue weighted by Crippen LogP contribution is -2.43. The van der Waals surface area contributed by atoms with Crippen LogP contribution < -0.4 is 5.32 Å². The van der Waals surface area contributed by atoms with E-state index < -0.39 is 35.2 Å². The van der Waals surface area contributed by atoms with E-state index in [1.807, 2.05) is 0 Å². The van der Waals surface area contributed by atoms with Gasteiger partial charge in [-0.1, -0.05) is 6.07 Å². The van der Waals surface area contributed by atoms with Gasteiger partial charge in [0.05, 0.1) is 12.6 Å². The summed E-state index contributed by atoms with van der Waals surface area (Å²) in [7, 11) is 0. The van der Waals surface area contributed by atoms with Gasteiger partial charge in [0.2, 0.25) is 5.91 Å². The summed E-state index contributed by atoms with van der Waals surface area (Å²) in [5, 5.41) is 2.40. The number of amides is 4. The highest BCUT2D eigenvalue weighted by atomic mass is 19.1. The number of carbonyl (C=O) groups excluding carboxylic acids is 3. The Hall–Kier alpha value is -2.51. The lowest BCUT2D eigenvalue weighted by Gasteiger charge is -2.21. The van der Waals surface area contributed by atoms with Gasteiger partial charge in [0, 0.05) is 13.1 Å². The number of likely N-dealkylation sites (tertiary alicyclic amines) is 1. The van der Waals surface area contributed by atoms with E-state index in [2.05, 4.69) is 5.32 Å². The van der Waals surface area contributed by atoms with Gasteiger partial charge in [-0.3, -0.25) is 14.5 Å². The summed E-state index contributed by atoms with van der Waals surface area (Å²) < 4.78 is 27.3. The summed E-state index contributed by atoms with van der Waals surface area (Å²) in [6.07, 6.45) is 0.390. The Morgan fingerprint density at radius 1 is 1.23 bits per heavy atom. The van der Waals surface area contributed by atoms with Crippen molar-refractivity contribution in [3.8, 4) is 0 Å². The normalized spacial score (nSPS) is 21.5. The van der Waals surface area contributed by atoms with Gasteiger partial charge in [0.25, 0.3) is 5.91 Å². The fraction of sp³-hybridized carbons (Fsp3) is 0.357. The molecule has 1 aromatic rings. The van der Waals surface area contributed by atoms with Gasteiger partial charge in [0.1, 0.15) is 17.2 Å². The molecule has 1 aromatic carbocycles. The Morgan fingerprint density at radius 2 is 1.91 bits per heavy atom. The minimum atomic E-state index is -0.927. The van der Waals surface area contributed by atoms with E-state index in [0.29, 0.717) is 6.42 Å². The van der Waals surface area contributed by atoms with Crippen LogP contribution in [0.25, 0.3) is 0 Å². The fourth-order valence-electron chi connectivity index (χ4n) is 2.80. The number of urea groups is 1. The Bertz CT molecular complexity index is 628. The van der Waals surface area contributed by atoms with Gasteiger partial charge in [-0.25, -0.2) is 13.6 Å². The van der Waals surface area contributed by atoms with Gasteiger partial charge in [-0.05, 0) is 18.6 Å². The molecule has 6 nitrogen and oxygen atoms in total. The minimum absolute atomic E-state index is 0.0643. The number of nitrogens with zero attached hydrogens (tertiary/aromatic N) is 2. The largest absolute Gasteiger partial charge is 0.336 e. The average molecular weight is 309 g/mol. The van der Waals surface area contributed by atoms with Crippen LogP contribution >= 0.6 is 0 Å². The first-order chi connectivity index (χ1) is 10.5. The summed E-state index contributed by atoms with van der Waals surface area (Å²) in [5.74, 6) is -2.99. The van der Waals surface area contributed by atoms with Gasteiger partial charge < -0.3 is 10.2 Å². The molecule has 2 saturated heterocycles. The third-order valence-electron chi connectivity index (χ3n) is 3.87. The van der Waals surface area contributed by atoms with E-state index in [1.54, 1.807) is 0 Å². The molecule has 4 amide bonds. The summed E-state index contributed by atoms with van der Waals surface area (Å²) in [6, 6.07) is 2.25. The Labute approximate surface area is 124 Å². The van der Waals surface area contributed by atoms with Crippen molar-refractivity contribution >= 4 is 17.8 Å². The summed E-state index contributed by atoms with van der Waals surface area (Å²) in [5.41, 5.74) is -0.611. The molecular weight excluding hydrogens is 296 g/mol. The van der Waals surface area contributed by atoms with Crippen molar-refractivity contribution in [3.05, 3.63) is 35.4 Å². The molecule has 2 fully saturated rings. The van der Waals surface area contributed by atoms with Gasteiger partial charge in [0.15, 0.2) is 0 Å². The molecule has 8 heteroatoms. The van der Waals surface area contributed by atoms with Gasteiger partial charge in [-0.15, -0.1) is 0 Å². The highest BCUT2D eigenvalue weighted by molar-refractivity contribution is 6.02. The highest BCUT2D eigenvalue weighted by Crippen LogP contribution is 2.22. The third kappa shape index (κ3) is 2.30. The standard InChI is InChI=1S/C14H13F2N3O3/c15-9-2-1-3-10(16)12(9)13(21)18-5-4-8(7-18)19-11(20)6-17-14(19)22/h1-3,8H,4-7H2,(H,17,22). The van der Waals surface area contributed by atoms with E-state index >= 15 is 0 Å². The molecule has 0 aliphatic carbocycles. The zero-order chi connectivity index (χ0) is 15.9. The Balaban J connectivity index is 1.77. The first-order valence-corrected chi connectivity index (χ1v) is 6.82. The molecule has 0 aromatic heterocycles. The number of carbonyl (C=O) groups is 3. The zero-order valence-electron chi connectivity index (χ0n) is 11.5. The lowest BCUT2D eigenvalue weighted by molar-refractivity contribution is -0.126. The van der Waals surface area contributed by atoms with Gasteiger partial charge in [-0.2, -0.15) is 0 Å². The van der Waals surface area contributed by atoms with Crippen LogP contribution in [0.3, 0.4) is 0 Å². The molecule has 22 heavy (non-hydrogen) atoms. The smallest absolute Gasteiger partial charge is 0.324 e. The molecule has 116 valence electrons. The molecule has 1 N–H and O–H groups in total. The van der Waals surface area contributed by atoms with E-state index in [0.717, 1.165) is 17.0 Å². The van der Waals surface area contributed by atoms with Crippen molar-refractivity contribution < 1.29 is 23.2 Å². The van der Waals surface area contributed by atoms with Crippen molar-refractivity contribution in [2.45, 2.75) is 12.5 Å². The molecule has 0 saturated carbocycles. The van der Waals surface area contributed by atoms with E-state index in [-0.39, 0.29) is 25.5 Å². The molecule has 3 rings (SSSR count). The number of hydrogen-bond donors (Lipinski definition) is 1. The number of halogens is 2. The summed E-state index contributed by atoms with van der Waals surface area (Å²) >= 11 is 0. The average Bonchev–Trinajstić information content (AvgIpc) is 3.05. The molecule has 0 radical (unpaired) electrons. The maximum atomic E-state index is 13.7. The van der Waals surface area contributed by atoms with Crippen molar-refractivity contribution in [3.63, 3.8) is 0 Å². The van der Waals surface area contributed by atoms with Crippen LogP contribution in [-0.2, 0) is 4.79 Å². The van der Waals surface area contributed by atoms with Crippen molar-refractivity contribution in [1.29, 1.82) is 0 Å². The third-order valence-corrected chi connectivity index (χ3v) is 3.87. The second kappa shape index (κ2) is 5.36. The maximum Gasteiger partial charge on any atom is 0.324 e. The second-order valence-corrected chi connectivity index (χ2v) is 5.21. The zero-order valence-corrected chi connectivity index (χ0v) is 11.5. The van der Waals surface area contributed by atoms with Crippen LogP contribution in [0.1, 0.15) is 16.8 Å². The molecule has 2 aliphatic rings. The van der Waals surface area contributed by atoms with Crippen molar-refractivity contribution in [1.82, 2.24) is 15.1 Å². The van der Waals surface area contributed by atoms with E-state index in [9.17, 15) is 23.2 Å². The molecule has 2 heterocycles. The molecule has 1 atom stereocenters. The quantitative estimate of drug-likeness (QED) is 0.819. The Morgan fingerprint density at radius 3 is 2.50 bits per heavy atom. The number of benzene rings is 1. The Kier molecular flexibility index (Phi) is 3.51. The van der Waals surface area contributed by atoms with Gasteiger partial charge >= 0.3 is 6.03 Å². The fourth-order valence-corrected chi connectivity index (χ4v) is 2.80. The topological polar surface area (TPSA) is 69.7 Å². The van der Waals surface area contributed by atoms with Crippen LogP contribution in [-0.4, -0.2) is 53.3 Å². The number of imide groups is 1. The minimum Gasteiger partial charge on any atom is -0.336 e.